The van der Waals surface area contributed by atoms with Crippen molar-refractivity contribution in [1.82, 2.24) is 9.80 Å². The fourth-order valence-electron chi connectivity index (χ4n) is 3.16. The molecule has 2 rings (SSSR count). The molecule has 1 aliphatic rings. The second-order valence-electron chi connectivity index (χ2n) is 6.13. The van der Waals surface area contributed by atoms with Gasteiger partial charge in [-0.2, -0.15) is 0 Å². The molecule has 1 atom stereocenters. The van der Waals surface area contributed by atoms with Crippen LogP contribution in [0.3, 0.4) is 0 Å². The fourth-order valence-corrected chi connectivity index (χ4v) is 3.16. The largest absolute Gasteiger partial charge is 0.326 e. The van der Waals surface area contributed by atoms with Crippen LogP contribution in [0.2, 0.25) is 0 Å². The van der Waals surface area contributed by atoms with E-state index in [1.54, 1.807) is 0 Å². The van der Waals surface area contributed by atoms with Crippen molar-refractivity contribution in [3.63, 3.8) is 0 Å². The summed E-state index contributed by atoms with van der Waals surface area (Å²) >= 11 is 0. The van der Waals surface area contributed by atoms with Crippen LogP contribution < -0.4 is 5.73 Å². The molecular formula is C17H29N3. The van der Waals surface area contributed by atoms with E-state index in [1.165, 1.54) is 43.4 Å². The molecule has 0 aliphatic carbocycles. The van der Waals surface area contributed by atoms with Crippen molar-refractivity contribution in [1.29, 1.82) is 0 Å². The highest BCUT2D eigenvalue weighted by Crippen LogP contribution is 2.18. The zero-order valence-electron chi connectivity index (χ0n) is 13.0. The van der Waals surface area contributed by atoms with Crippen molar-refractivity contribution in [2.75, 3.05) is 27.2 Å². The third kappa shape index (κ3) is 4.30. The predicted octanol–water partition coefficient (Wildman–Crippen LogP) is 2.45. The van der Waals surface area contributed by atoms with Gasteiger partial charge in [-0.15, -0.1) is 0 Å². The monoisotopic (exact) mass is 275 g/mol. The van der Waals surface area contributed by atoms with E-state index in [-0.39, 0.29) is 0 Å². The zero-order chi connectivity index (χ0) is 14.4. The van der Waals surface area contributed by atoms with Gasteiger partial charge in [-0.3, -0.25) is 0 Å². The van der Waals surface area contributed by atoms with E-state index >= 15 is 0 Å². The summed E-state index contributed by atoms with van der Waals surface area (Å²) in [4.78, 5) is 4.96. The molecule has 1 aromatic carbocycles. The van der Waals surface area contributed by atoms with Crippen molar-refractivity contribution in [3.8, 4) is 0 Å². The van der Waals surface area contributed by atoms with Gasteiger partial charge in [0.25, 0.3) is 0 Å². The van der Waals surface area contributed by atoms with Gasteiger partial charge in [0.2, 0.25) is 0 Å². The highest BCUT2D eigenvalue weighted by Gasteiger charge is 2.18. The molecule has 0 amide bonds. The van der Waals surface area contributed by atoms with Crippen LogP contribution in [0, 0.1) is 0 Å². The first-order valence-corrected chi connectivity index (χ1v) is 7.86. The molecule has 1 unspecified atom stereocenters. The SMILES string of the molecule is CN(CCC1CCCCN1C)Cc1ccccc1CN. The van der Waals surface area contributed by atoms with Crippen molar-refractivity contribution in [3.05, 3.63) is 35.4 Å². The van der Waals surface area contributed by atoms with Gasteiger partial charge in [-0.1, -0.05) is 30.7 Å². The first kappa shape index (κ1) is 15.5. The molecule has 20 heavy (non-hydrogen) atoms. The lowest BCUT2D eigenvalue weighted by molar-refractivity contribution is 0.159. The lowest BCUT2D eigenvalue weighted by Crippen LogP contribution is -2.38. The summed E-state index contributed by atoms with van der Waals surface area (Å²) in [5.74, 6) is 0. The number of rotatable bonds is 6. The number of hydrogen-bond acceptors (Lipinski definition) is 3. The van der Waals surface area contributed by atoms with Crippen LogP contribution in [0.25, 0.3) is 0 Å². The number of piperidine rings is 1. The third-order valence-electron chi connectivity index (χ3n) is 4.54. The van der Waals surface area contributed by atoms with Crippen LogP contribution in [-0.2, 0) is 13.1 Å². The minimum atomic E-state index is 0.634. The maximum absolute atomic E-state index is 5.81. The Morgan fingerprint density at radius 1 is 1.25 bits per heavy atom. The van der Waals surface area contributed by atoms with Crippen LogP contribution in [0.4, 0.5) is 0 Å². The molecule has 1 aromatic rings. The Balaban J connectivity index is 1.81. The average Bonchev–Trinajstić information content (AvgIpc) is 2.47. The molecule has 1 aliphatic heterocycles. The Morgan fingerprint density at radius 2 is 2.00 bits per heavy atom. The van der Waals surface area contributed by atoms with Crippen LogP contribution >= 0.6 is 0 Å². The Labute approximate surface area is 123 Å². The van der Waals surface area contributed by atoms with Gasteiger partial charge in [-0.05, 0) is 57.6 Å². The molecule has 0 aromatic heterocycles. The van der Waals surface area contributed by atoms with Crippen molar-refractivity contribution < 1.29 is 0 Å². The summed E-state index contributed by atoms with van der Waals surface area (Å²) in [6.45, 7) is 4.07. The quantitative estimate of drug-likeness (QED) is 0.865. The molecule has 0 saturated carbocycles. The number of benzene rings is 1. The van der Waals surface area contributed by atoms with Crippen LogP contribution in [-0.4, -0.2) is 43.0 Å². The second-order valence-corrected chi connectivity index (χ2v) is 6.13. The molecule has 112 valence electrons. The summed E-state index contributed by atoms with van der Waals surface area (Å²) in [7, 11) is 4.49. The van der Waals surface area contributed by atoms with E-state index in [0.29, 0.717) is 6.54 Å². The second kappa shape index (κ2) is 7.77. The Morgan fingerprint density at radius 3 is 2.70 bits per heavy atom. The van der Waals surface area contributed by atoms with Gasteiger partial charge in [0.15, 0.2) is 0 Å². The van der Waals surface area contributed by atoms with Crippen LogP contribution in [0.15, 0.2) is 24.3 Å². The summed E-state index contributed by atoms with van der Waals surface area (Å²) in [6, 6.07) is 9.29. The standard InChI is InChI=1S/C17H29N3/c1-19(12-10-17-9-5-6-11-20(17)2)14-16-8-4-3-7-15(16)13-18/h3-4,7-8,17H,5-6,9-14,18H2,1-2H3. The Kier molecular flexibility index (Phi) is 6.02. The lowest BCUT2D eigenvalue weighted by atomic mass is 10.00. The van der Waals surface area contributed by atoms with E-state index in [1.807, 2.05) is 0 Å². The molecule has 2 N–H and O–H groups in total. The minimum Gasteiger partial charge on any atom is -0.326 e. The van der Waals surface area contributed by atoms with Gasteiger partial charge in [-0.25, -0.2) is 0 Å². The minimum absolute atomic E-state index is 0.634. The first-order valence-electron chi connectivity index (χ1n) is 7.86. The number of nitrogens with two attached hydrogens (primary N) is 1. The fraction of sp³-hybridized carbons (Fsp3) is 0.647. The van der Waals surface area contributed by atoms with Crippen molar-refractivity contribution >= 4 is 0 Å². The molecular weight excluding hydrogens is 246 g/mol. The highest BCUT2D eigenvalue weighted by atomic mass is 15.1. The predicted molar refractivity (Wildman–Crippen MR) is 85.6 cm³/mol. The molecule has 1 saturated heterocycles. The maximum atomic E-state index is 5.81. The van der Waals surface area contributed by atoms with Crippen LogP contribution in [0.1, 0.15) is 36.8 Å². The van der Waals surface area contributed by atoms with Crippen molar-refractivity contribution in [2.24, 2.45) is 5.73 Å². The van der Waals surface area contributed by atoms with Gasteiger partial charge >= 0.3 is 0 Å². The van der Waals surface area contributed by atoms with Crippen molar-refractivity contribution in [2.45, 2.75) is 44.8 Å². The van der Waals surface area contributed by atoms with E-state index in [4.69, 9.17) is 5.73 Å². The summed E-state index contributed by atoms with van der Waals surface area (Å²) in [6.07, 6.45) is 5.41. The van der Waals surface area contributed by atoms with E-state index in [0.717, 1.165) is 19.1 Å². The van der Waals surface area contributed by atoms with Gasteiger partial charge in [0.1, 0.15) is 0 Å². The smallest absolute Gasteiger partial charge is 0.0233 e. The zero-order valence-corrected chi connectivity index (χ0v) is 13.0. The van der Waals surface area contributed by atoms with E-state index in [2.05, 4.69) is 48.2 Å². The molecule has 0 bridgehead atoms. The van der Waals surface area contributed by atoms with Gasteiger partial charge in [0, 0.05) is 19.1 Å². The molecule has 3 heteroatoms. The molecule has 1 heterocycles. The summed E-state index contributed by atoms with van der Waals surface area (Å²) < 4.78 is 0. The van der Waals surface area contributed by atoms with E-state index < -0.39 is 0 Å². The molecule has 1 fully saturated rings. The summed E-state index contributed by atoms with van der Waals surface area (Å²) in [5.41, 5.74) is 8.45. The summed E-state index contributed by atoms with van der Waals surface area (Å²) in [5, 5.41) is 0. The van der Waals surface area contributed by atoms with E-state index in [9.17, 15) is 0 Å². The molecule has 0 spiro atoms. The lowest BCUT2D eigenvalue weighted by Gasteiger charge is -2.33. The third-order valence-corrected chi connectivity index (χ3v) is 4.54. The number of hydrogen-bond donors (Lipinski definition) is 1. The highest BCUT2D eigenvalue weighted by molar-refractivity contribution is 5.26. The van der Waals surface area contributed by atoms with Gasteiger partial charge < -0.3 is 15.5 Å². The Hall–Kier alpha value is -0.900. The maximum Gasteiger partial charge on any atom is 0.0233 e. The normalized spacial score (nSPS) is 20.5. The van der Waals surface area contributed by atoms with Crippen LogP contribution in [0.5, 0.6) is 0 Å². The molecule has 3 nitrogen and oxygen atoms in total. The number of nitrogens with zero attached hydrogens (tertiary/aromatic N) is 2. The Bertz CT molecular complexity index is 405. The number of likely N-dealkylation sites (tertiary alicyclic amines) is 1. The van der Waals surface area contributed by atoms with Gasteiger partial charge in [0.05, 0.1) is 0 Å². The first-order chi connectivity index (χ1) is 9.70. The average molecular weight is 275 g/mol. The molecule has 0 radical (unpaired) electrons. The topological polar surface area (TPSA) is 32.5 Å².